The molecule has 0 bridgehead atoms. The third-order valence-electron chi connectivity index (χ3n) is 2.99. The Morgan fingerprint density at radius 1 is 1.32 bits per heavy atom. The van der Waals surface area contributed by atoms with Crippen molar-refractivity contribution < 1.29 is 4.79 Å². The maximum atomic E-state index is 11.4. The fourth-order valence-electron chi connectivity index (χ4n) is 1.92. The molecule has 1 aromatic carbocycles. The number of hydrogen-bond donors (Lipinski definition) is 1. The standard InChI is InChI=1S/C15H20N2OS/c1-2-3-9-14(18)16-11-6-10-15-17-12-7-4-5-8-13(12)19-15/h4-5,7-8H,2-3,6,9-11H2,1H3,(H,16,18). The van der Waals surface area contributed by atoms with Gasteiger partial charge in [0.2, 0.25) is 5.91 Å². The lowest BCUT2D eigenvalue weighted by Crippen LogP contribution is -2.24. The van der Waals surface area contributed by atoms with E-state index in [-0.39, 0.29) is 5.91 Å². The molecule has 1 N–H and O–H groups in total. The number of para-hydroxylation sites is 1. The first-order chi connectivity index (χ1) is 9.29. The Bertz CT molecular complexity index is 503. The number of amides is 1. The number of benzene rings is 1. The highest BCUT2D eigenvalue weighted by atomic mass is 32.1. The van der Waals surface area contributed by atoms with Gasteiger partial charge in [-0.05, 0) is 25.0 Å². The monoisotopic (exact) mass is 276 g/mol. The smallest absolute Gasteiger partial charge is 0.219 e. The third kappa shape index (κ3) is 4.31. The number of thiazole rings is 1. The van der Waals surface area contributed by atoms with Crippen molar-refractivity contribution in [1.29, 1.82) is 0 Å². The van der Waals surface area contributed by atoms with Gasteiger partial charge in [0, 0.05) is 19.4 Å². The zero-order valence-corrected chi connectivity index (χ0v) is 12.1. The van der Waals surface area contributed by atoms with Crippen molar-refractivity contribution in [2.45, 2.75) is 39.0 Å². The third-order valence-corrected chi connectivity index (χ3v) is 4.08. The predicted molar refractivity (Wildman–Crippen MR) is 80.5 cm³/mol. The molecular formula is C15H20N2OS. The number of nitrogens with one attached hydrogen (secondary N) is 1. The van der Waals surface area contributed by atoms with Gasteiger partial charge in [-0.1, -0.05) is 25.5 Å². The highest BCUT2D eigenvalue weighted by Gasteiger charge is 2.03. The van der Waals surface area contributed by atoms with Crippen molar-refractivity contribution in [2.75, 3.05) is 6.54 Å². The van der Waals surface area contributed by atoms with E-state index in [0.29, 0.717) is 6.42 Å². The van der Waals surface area contributed by atoms with Crippen LogP contribution in [-0.2, 0) is 11.2 Å². The van der Waals surface area contributed by atoms with Crippen LogP contribution >= 0.6 is 11.3 Å². The minimum atomic E-state index is 0.172. The average Bonchev–Trinajstić information content (AvgIpc) is 2.84. The van der Waals surface area contributed by atoms with Crippen molar-refractivity contribution in [3.8, 4) is 0 Å². The van der Waals surface area contributed by atoms with Gasteiger partial charge in [-0.25, -0.2) is 4.98 Å². The molecular weight excluding hydrogens is 256 g/mol. The van der Waals surface area contributed by atoms with Gasteiger partial charge in [0.15, 0.2) is 0 Å². The number of aryl methyl sites for hydroxylation is 1. The fourth-order valence-corrected chi connectivity index (χ4v) is 2.93. The van der Waals surface area contributed by atoms with E-state index in [1.807, 2.05) is 18.2 Å². The summed E-state index contributed by atoms with van der Waals surface area (Å²) in [6.45, 7) is 2.85. The first-order valence-corrected chi connectivity index (χ1v) is 7.72. The van der Waals surface area contributed by atoms with Gasteiger partial charge in [-0.3, -0.25) is 4.79 Å². The minimum Gasteiger partial charge on any atom is -0.356 e. The highest BCUT2D eigenvalue weighted by molar-refractivity contribution is 7.18. The van der Waals surface area contributed by atoms with Crippen LogP contribution in [-0.4, -0.2) is 17.4 Å². The second kappa shape index (κ2) is 7.24. The van der Waals surface area contributed by atoms with Crippen LogP contribution in [0, 0.1) is 0 Å². The lowest BCUT2D eigenvalue weighted by Gasteiger charge is -2.03. The number of unbranched alkanes of at least 4 members (excludes halogenated alkanes) is 1. The highest BCUT2D eigenvalue weighted by Crippen LogP contribution is 2.22. The molecule has 0 saturated heterocycles. The van der Waals surface area contributed by atoms with E-state index < -0.39 is 0 Å². The summed E-state index contributed by atoms with van der Waals surface area (Å²) < 4.78 is 1.24. The Kier molecular flexibility index (Phi) is 5.33. The summed E-state index contributed by atoms with van der Waals surface area (Å²) in [5.41, 5.74) is 1.08. The van der Waals surface area contributed by atoms with Crippen molar-refractivity contribution in [3.05, 3.63) is 29.3 Å². The van der Waals surface area contributed by atoms with E-state index in [9.17, 15) is 4.79 Å². The van der Waals surface area contributed by atoms with Crippen LogP contribution < -0.4 is 5.32 Å². The van der Waals surface area contributed by atoms with Gasteiger partial charge in [0.05, 0.1) is 15.2 Å². The molecule has 2 aromatic rings. The first-order valence-electron chi connectivity index (χ1n) is 6.90. The van der Waals surface area contributed by atoms with E-state index in [1.165, 1.54) is 4.70 Å². The number of hydrogen-bond acceptors (Lipinski definition) is 3. The molecule has 19 heavy (non-hydrogen) atoms. The second-order valence-electron chi connectivity index (χ2n) is 4.63. The number of aromatic nitrogens is 1. The Morgan fingerprint density at radius 2 is 2.16 bits per heavy atom. The van der Waals surface area contributed by atoms with E-state index in [4.69, 9.17) is 0 Å². The quantitative estimate of drug-likeness (QED) is 0.786. The predicted octanol–water partition coefficient (Wildman–Crippen LogP) is 3.54. The van der Waals surface area contributed by atoms with Crippen LogP contribution in [0.3, 0.4) is 0 Å². The number of nitrogens with zero attached hydrogens (tertiary/aromatic N) is 1. The Morgan fingerprint density at radius 3 is 2.95 bits per heavy atom. The molecule has 0 radical (unpaired) electrons. The van der Waals surface area contributed by atoms with Crippen molar-refractivity contribution >= 4 is 27.5 Å². The van der Waals surface area contributed by atoms with Crippen LogP contribution in [0.15, 0.2) is 24.3 Å². The van der Waals surface area contributed by atoms with E-state index in [0.717, 1.165) is 42.8 Å². The Balaban J connectivity index is 1.72. The Hall–Kier alpha value is -1.42. The summed E-state index contributed by atoms with van der Waals surface area (Å²) in [7, 11) is 0. The van der Waals surface area contributed by atoms with Crippen LogP contribution in [0.25, 0.3) is 10.2 Å². The van der Waals surface area contributed by atoms with E-state index in [2.05, 4.69) is 23.3 Å². The molecule has 0 aliphatic rings. The molecule has 0 aliphatic carbocycles. The van der Waals surface area contributed by atoms with Gasteiger partial charge >= 0.3 is 0 Å². The van der Waals surface area contributed by atoms with Gasteiger partial charge in [-0.15, -0.1) is 11.3 Å². The first kappa shape index (κ1) is 14.0. The van der Waals surface area contributed by atoms with Gasteiger partial charge < -0.3 is 5.32 Å². The zero-order chi connectivity index (χ0) is 13.5. The molecule has 1 amide bonds. The summed E-state index contributed by atoms with van der Waals surface area (Å²) in [5.74, 6) is 0.172. The van der Waals surface area contributed by atoms with Crippen LogP contribution in [0.5, 0.6) is 0 Å². The minimum absolute atomic E-state index is 0.172. The summed E-state index contributed by atoms with van der Waals surface area (Å²) in [6, 6.07) is 8.20. The van der Waals surface area contributed by atoms with Crippen molar-refractivity contribution in [2.24, 2.45) is 0 Å². The SMILES string of the molecule is CCCCC(=O)NCCCc1nc2ccccc2s1. The lowest BCUT2D eigenvalue weighted by molar-refractivity contribution is -0.121. The number of rotatable bonds is 7. The number of fused-ring (bicyclic) bond motifs is 1. The summed E-state index contributed by atoms with van der Waals surface area (Å²) in [6.07, 6.45) is 4.59. The fraction of sp³-hybridized carbons (Fsp3) is 0.467. The average molecular weight is 276 g/mol. The van der Waals surface area contributed by atoms with Crippen LogP contribution in [0.1, 0.15) is 37.6 Å². The van der Waals surface area contributed by atoms with Crippen LogP contribution in [0.4, 0.5) is 0 Å². The zero-order valence-electron chi connectivity index (χ0n) is 11.3. The lowest BCUT2D eigenvalue weighted by atomic mass is 10.2. The van der Waals surface area contributed by atoms with E-state index in [1.54, 1.807) is 11.3 Å². The van der Waals surface area contributed by atoms with E-state index >= 15 is 0 Å². The molecule has 1 heterocycles. The van der Waals surface area contributed by atoms with Crippen molar-refractivity contribution in [1.82, 2.24) is 10.3 Å². The van der Waals surface area contributed by atoms with Gasteiger partial charge in [-0.2, -0.15) is 0 Å². The number of carbonyl (C=O) groups excluding carboxylic acids is 1. The molecule has 0 fully saturated rings. The molecule has 0 aliphatic heterocycles. The Labute approximate surface area is 118 Å². The molecule has 102 valence electrons. The van der Waals surface area contributed by atoms with Gasteiger partial charge in [0.1, 0.15) is 0 Å². The summed E-state index contributed by atoms with van der Waals surface area (Å²) in [5, 5.41) is 4.12. The summed E-state index contributed by atoms with van der Waals surface area (Å²) in [4.78, 5) is 16.0. The van der Waals surface area contributed by atoms with Crippen molar-refractivity contribution in [3.63, 3.8) is 0 Å². The molecule has 4 heteroatoms. The molecule has 0 atom stereocenters. The maximum absolute atomic E-state index is 11.4. The molecule has 0 spiro atoms. The van der Waals surface area contributed by atoms with Gasteiger partial charge in [0.25, 0.3) is 0 Å². The summed E-state index contributed by atoms with van der Waals surface area (Å²) >= 11 is 1.75. The molecule has 0 unspecified atom stereocenters. The molecule has 3 nitrogen and oxygen atoms in total. The second-order valence-corrected chi connectivity index (χ2v) is 5.75. The largest absolute Gasteiger partial charge is 0.356 e. The molecule has 1 aromatic heterocycles. The number of carbonyl (C=O) groups is 1. The topological polar surface area (TPSA) is 42.0 Å². The molecule has 0 saturated carbocycles. The normalized spacial score (nSPS) is 10.8. The maximum Gasteiger partial charge on any atom is 0.219 e. The molecule has 2 rings (SSSR count). The van der Waals surface area contributed by atoms with Crippen LogP contribution in [0.2, 0.25) is 0 Å².